The lowest BCUT2D eigenvalue weighted by molar-refractivity contribution is 0.246. The molecule has 3 rings (SSSR count). The van der Waals surface area contributed by atoms with Gasteiger partial charge in [0.1, 0.15) is 11.9 Å². The maximum atomic E-state index is 13.0. The van der Waals surface area contributed by atoms with E-state index in [0.29, 0.717) is 11.4 Å². The second-order valence-corrected chi connectivity index (χ2v) is 7.07. The van der Waals surface area contributed by atoms with Crippen molar-refractivity contribution in [2.24, 2.45) is 0 Å². The summed E-state index contributed by atoms with van der Waals surface area (Å²) in [6.45, 7) is 5.86. The highest BCUT2D eigenvalue weighted by Crippen LogP contribution is 2.36. The van der Waals surface area contributed by atoms with Crippen LogP contribution in [0.15, 0.2) is 66.1 Å². The van der Waals surface area contributed by atoms with Crippen molar-refractivity contribution in [1.82, 2.24) is 0 Å². The summed E-state index contributed by atoms with van der Waals surface area (Å²) in [5, 5.41) is 0. The third-order valence-electron chi connectivity index (χ3n) is 3.63. The number of ether oxygens (including phenoxy) is 1. The SMILES string of the molecule is C=C[C@H]1CN(S(=O)(=O)c2ccc(C)cc2)c2ccccc2O1. The fourth-order valence-electron chi connectivity index (χ4n) is 2.41. The molecule has 0 amide bonds. The summed E-state index contributed by atoms with van der Waals surface area (Å²) in [4.78, 5) is 0.276. The fourth-order valence-corrected chi connectivity index (χ4v) is 3.90. The van der Waals surface area contributed by atoms with E-state index in [0.717, 1.165) is 5.56 Å². The van der Waals surface area contributed by atoms with Gasteiger partial charge in [-0.1, -0.05) is 36.4 Å². The summed E-state index contributed by atoms with van der Waals surface area (Å²) in [5.74, 6) is 0.550. The molecule has 0 saturated heterocycles. The smallest absolute Gasteiger partial charge is 0.264 e. The monoisotopic (exact) mass is 315 g/mol. The molecule has 114 valence electrons. The number of hydrogen-bond acceptors (Lipinski definition) is 3. The number of rotatable bonds is 3. The number of fused-ring (bicyclic) bond motifs is 1. The Kier molecular flexibility index (Phi) is 3.66. The van der Waals surface area contributed by atoms with Crippen molar-refractivity contribution >= 4 is 15.7 Å². The Morgan fingerprint density at radius 1 is 1.18 bits per heavy atom. The van der Waals surface area contributed by atoms with Gasteiger partial charge in [0.25, 0.3) is 10.0 Å². The van der Waals surface area contributed by atoms with E-state index in [-0.39, 0.29) is 17.5 Å². The van der Waals surface area contributed by atoms with Crippen LogP contribution in [0, 0.1) is 6.92 Å². The normalized spacial score (nSPS) is 17.5. The van der Waals surface area contributed by atoms with Crippen LogP contribution in [0.25, 0.3) is 0 Å². The van der Waals surface area contributed by atoms with Crippen molar-refractivity contribution < 1.29 is 13.2 Å². The van der Waals surface area contributed by atoms with E-state index in [1.807, 2.05) is 13.0 Å². The number of para-hydroxylation sites is 2. The first kappa shape index (κ1) is 14.7. The molecule has 2 aromatic carbocycles. The van der Waals surface area contributed by atoms with E-state index in [2.05, 4.69) is 6.58 Å². The highest BCUT2D eigenvalue weighted by Gasteiger charge is 2.33. The van der Waals surface area contributed by atoms with Crippen molar-refractivity contribution in [2.75, 3.05) is 10.8 Å². The highest BCUT2D eigenvalue weighted by molar-refractivity contribution is 7.92. The highest BCUT2D eigenvalue weighted by atomic mass is 32.2. The number of benzene rings is 2. The van der Waals surface area contributed by atoms with Gasteiger partial charge in [-0.15, -0.1) is 0 Å². The minimum absolute atomic E-state index is 0.219. The van der Waals surface area contributed by atoms with Gasteiger partial charge in [0, 0.05) is 0 Å². The maximum Gasteiger partial charge on any atom is 0.264 e. The molecule has 1 atom stereocenters. The first-order chi connectivity index (χ1) is 10.5. The molecule has 0 N–H and O–H groups in total. The topological polar surface area (TPSA) is 46.6 Å². The molecule has 22 heavy (non-hydrogen) atoms. The first-order valence-electron chi connectivity index (χ1n) is 7.00. The van der Waals surface area contributed by atoms with Gasteiger partial charge < -0.3 is 4.74 Å². The third kappa shape index (κ3) is 2.48. The molecule has 1 aliphatic rings. The van der Waals surface area contributed by atoms with Gasteiger partial charge in [-0.05, 0) is 37.3 Å². The Bertz CT molecular complexity index is 797. The first-order valence-corrected chi connectivity index (χ1v) is 8.44. The van der Waals surface area contributed by atoms with E-state index >= 15 is 0 Å². The molecule has 0 aromatic heterocycles. The molecule has 0 bridgehead atoms. The minimum atomic E-state index is -3.63. The number of aryl methyl sites for hydroxylation is 1. The second-order valence-electron chi connectivity index (χ2n) is 5.21. The van der Waals surface area contributed by atoms with Gasteiger partial charge >= 0.3 is 0 Å². The van der Waals surface area contributed by atoms with Gasteiger partial charge in [0.15, 0.2) is 0 Å². The molecular weight excluding hydrogens is 298 g/mol. The molecule has 0 unspecified atom stereocenters. The van der Waals surface area contributed by atoms with E-state index in [4.69, 9.17) is 4.74 Å². The predicted octanol–water partition coefficient (Wildman–Crippen LogP) is 3.14. The van der Waals surface area contributed by atoms with Crippen LogP contribution in [-0.4, -0.2) is 21.1 Å². The maximum absolute atomic E-state index is 13.0. The summed E-state index contributed by atoms with van der Waals surface area (Å²) >= 11 is 0. The van der Waals surface area contributed by atoms with Gasteiger partial charge in [-0.3, -0.25) is 4.31 Å². The van der Waals surface area contributed by atoms with E-state index in [9.17, 15) is 8.42 Å². The predicted molar refractivity (Wildman–Crippen MR) is 86.8 cm³/mol. The average Bonchev–Trinajstić information content (AvgIpc) is 2.54. The largest absolute Gasteiger partial charge is 0.482 e. The van der Waals surface area contributed by atoms with Crippen LogP contribution in [0.3, 0.4) is 0 Å². The molecule has 0 aliphatic carbocycles. The van der Waals surface area contributed by atoms with E-state index < -0.39 is 10.0 Å². The van der Waals surface area contributed by atoms with Crippen molar-refractivity contribution in [3.05, 3.63) is 66.7 Å². The van der Waals surface area contributed by atoms with Crippen molar-refractivity contribution in [3.63, 3.8) is 0 Å². The van der Waals surface area contributed by atoms with Crippen LogP contribution in [0.2, 0.25) is 0 Å². The Morgan fingerprint density at radius 3 is 2.55 bits per heavy atom. The summed E-state index contributed by atoms with van der Waals surface area (Å²) < 4.78 is 33.0. The minimum Gasteiger partial charge on any atom is -0.482 e. The standard InChI is InChI=1S/C17H17NO3S/c1-3-14-12-18(16-6-4-5-7-17(16)21-14)22(19,20)15-10-8-13(2)9-11-15/h3-11,14H,1,12H2,2H3/t14-/m0/s1. The lowest BCUT2D eigenvalue weighted by Gasteiger charge is -2.34. The quantitative estimate of drug-likeness (QED) is 0.818. The van der Waals surface area contributed by atoms with Crippen LogP contribution in [-0.2, 0) is 10.0 Å². The Hall–Kier alpha value is -2.27. The summed E-state index contributed by atoms with van der Waals surface area (Å²) in [7, 11) is -3.63. The lowest BCUT2D eigenvalue weighted by atomic mass is 10.2. The van der Waals surface area contributed by atoms with Gasteiger partial charge in [0.2, 0.25) is 0 Å². The Morgan fingerprint density at radius 2 is 1.86 bits per heavy atom. The van der Waals surface area contributed by atoms with Gasteiger partial charge in [-0.2, -0.15) is 0 Å². The van der Waals surface area contributed by atoms with Crippen molar-refractivity contribution in [1.29, 1.82) is 0 Å². The average molecular weight is 315 g/mol. The van der Waals surface area contributed by atoms with Gasteiger partial charge in [-0.25, -0.2) is 8.42 Å². The zero-order valence-electron chi connectivity index (χ0n) is 12.3. The van der Waals surface area contributed by atoms with Crippen LogP contribution in [0.5, 0.6) is 5.75 Å². The molecule has 4 nitrogen and oxygen atoms in total. The van der Waals surface area contributed by atoms with Crippen LogP contribution < -0.4 is 9.04 Å². The summed E-state index contributed by atoms with van der Waals surface area (Å²) in [6, 6.07) is 14.0. The lowest BCUT2D eigenvalue weighted by Crippen LogP contribution is -2.42. The number of hydrogen-bond donors (Lipinski definition) is 0. The zero-order valence-corrected chi connectivity index (χ0v) is 13.1. The van der Waals surface area contributed by atoms with Crippen LogP contribution in [0.1, 0.15) is 5.56 Å². The van der Waals surface area contributed by atoms with Gasteiger partial charge in [0.05, 0.1) is 17.1 Å². The Balaban J connectivity index is 2.09. The Labute approximate surface area is 130 Å². The van der Waals surface area contributed by atoms with Crippen molar-refractivity contribution in [2.45, 2.75) is 17.9 Å². The van der Waals surface area contributed by atoms with Crippen LogP contribution >= 0.6 is 0 Å². The fraction of sp³-hybridized carbons (Fsp3) is 0.176. The summed E-state index contributed by atoms with van der Waals surface area (Å²) in [6.07, 6.45) is 1.25. The number of sulfonamides is 1. The number of anilines is 1. The molecule has 1 aliphatic heterocycles. The van der Waals surface area contributed by atoms with Crippen LogP contribution in [0.4, 0.5) is 5.69 Å². The third-order valence-corrected chi connectivity index (χ3v) is 5.42. The molecule has 2 aromatic rings. The van der Waals surface area contributed by atoms with Crippen molar-refractivity contribution in [3.8, 4) is 5.75 Å². The molecular formula is C17H17NO3S. The van der Waals surface area contributed by atoms with E-state index in [1.54, 1.807) is 48.5 Å². The number of nitrogens with zero attached hydrogens (tertiary/aromatic N) is 1. The molecule has 1 heterocycles. The molecule has 0 radical (unpaired) electrons. The molecule has 0 saturated carbocycles. The molecule has 0 fully saturated rings. The zero-order chi connectivity index (χ0) is 15.7. The molecule has 0 spiro atoms. The second kappa shape index (κ2) is 5.50. The molecule has 5 heteroatoms. The van der Waals surface area contributed by atoms with E-state index in [1.165, 1.54) is 4.31 Å². The summed E-state index contributed by atoms with van der Waals surface area (Å²) in [5.41, 5.74) is 1.58.